The van der Waals surface area contributed by atoms with Crippen molar-refractivity contribution in [3.05, 3.63) is 23.5 Å². The van der Waals surface area contributed by atoms with Crippen molar-refractivity contribution in [1.82, 2.24) is 4.98 Å². The molecule has 0 aliphatic heterocycles. The van der Waals surface area contributed by atoms with Gasteiger partial charge in [-0.2, -0.15) is 0 Å². The van der Waals surface area contributed by atoms with Gasteiger partial charge >= 0.3 is 11.9 Å². The lowest BCUT2D eigenvalue weighted by atomic mass is 10.2. The van der Waals surface area contributed by atoms with E-state index in [4.69, 9.17) is 14.6 Å². The van der Waals surface area contributed by atoms with E-state index in [2.05, 4.69) is 4.98 Å². The van der Waals surface area contributed by atoms with Gasteiger partial charge < -0.3 is 14.6 Å². The van der Waals surface area contributed by atoms with Crippen LogP contribution in [0.25, 0.3) is 0 Å². The first-order valence-corrected chi connectivity index (χ1v) is 6.63. The molecule has 1 N–H and O–H groups in total. The van der Waals surface area contributed by atoms with Crippen LogP contribution in [0.5, 0.6) is 5.75 Å². The predicted molar refractivity (Wildman–Crippen MR) is 72.2 cm³/mol. The van der Waals surface area contributed by atoms with Gasteiger partial charge in [0.05, 0.1) is 18.8 Å². The molecule has 0 aliphatic rings. The van der Waals surface area contributed by atoms with Crippen molar-refractivity contribution in [2.24, 2.45) is 0 Å². The zero-order valence-electron chi connectivity index (χ0n) is 11.7. The predicted octanol–water partition coefficient (Wildman–Crippen LogP) is 2.53. The van der Waals surface area contributed by atoms with Gasteiger partial charge in [-0.15, -0.1) is 0 Å². The Morgan fingerprint density at radius 1 is 1.25 bits per heavy atom. The lowest BCUT2D eigenvalue weighted by Crippen LogP contribution is -2.11. The summed E-state index contributed by atoms with van der Waals surface area (Å²) in [4.78, 5) is 26.5. The molecule has 0 bridgehead atoms. The molecule has 0 radical (unpaired) electrons. The average molecular weight is 281 g/mol. The molecule has 0 atom stereocenters. The third-order valence-corrected chi connectivity index (χ3v) is 2.48. The summed E-state index contributed by atoms with van der Waals surface area (Å²) in [6.07, 6.45) is 3.63. The minimum absolute atomic E-state index is 0.0873. The van der Waals surface area contributed by atoms with Gasteiger partial charge in [0.1, 0.15) is 0 Å². The number of aromatic nitrogens is 1. The van der Waals surface area contributed by atoms with E-state index >= 15 is 0 Å². The Morgan fingerprint density at radius 3 is 2.60 bits per heavy atom. The number of carbonyl (C=O) groups is 2. The van der Waals surface area contributed by atoms with Crippen molar-refractivity contribution >= 4 is 11.9 Å². The number of nitrogens with zero attached hydrogens (tertiary/aromatic N) is 1. The number of unbranched alkanes of at least 4 members (excludes halogenated alkanes) is 1. The summed E-state index contributed by atoms with van der Waals surface area (Å²) >= 11 is 0. The first kappa shape index (κ1) is 15.9. The smallest absolute Gasteiger partial charge is 0.358 e. The van der Waals surface area contributed by atoms with Gasteiger partial charge in [-0.25, -0.2) is 14.6 Å². The molecule has 1 rings (SSSR count). The van der Waals surface area contributed by atoms with Crippen LogP contribution in [-0.2, 0) is 4.74 Å². The lowest BCUT2D eigenvalue weighted by molar-refractivity contribution is 0.0497. The van der Waals surface area contributed by atoms with Gasteiger partial charge in [-0.1, -0.05) is 20.3 Å². The van der Waals surface area contributed by atoms with Crippen LogP contribution in [0.1, 0.15) is 54.0 Å². The molecule has 1 aromatic rings. The summed E-state index contributed by atoms with van der Waals surface area (Å²) in [5, 5.41) is 9.01. The molecule has 6 heteroatoms. The Balaban J connectivity index is 2.87. The number of esters is 1. The number of carboxylic acids is 1. The van der Waals surface area contributed by atoms with Crippen LogP contribution in [-0.4, -0.2) is 35.2 Å². The van der Waals surface area contributed by atoms with Crippen LogP contribution in [0, 0.1) is 0 Å². The minimum Gasteiger partial charge on any atom is -0.491 e. The third kappa shape index (κ3) is 4.53. The fourth-order valence-electron chi connectivity index (χ4n) is 1.43. The molecular weight excluding hydrogens is 262 g/mol. The highest BCUT2D eigenvalue weighted by molar-refractivity contribution is 5.93. The molecule has 0 saturated carbocycles. The third-order valence-electron chi connectivity index (χ3n) is 2.48. The van der Waals surface area contributed by atoms with Crippen molar-refractivity contribution in [2.45, 2.75) is 33.1 Å². The molecule has 110 valence electrons. The number of hydrogen-bond acceptors (Lipinski definition) is 5. The van der Waals surface area contributed by atoms with Gasteiger partial charge in [-0.3, -0.25) is 0 Å². The number of ether oxygens (including phenoxy) is 2. The molecule has 0 saturated heterocycles. The second kappa shape index (κ2) is 8.14. The summed E-state index contributed by atoms with van der Waals surface area (Å²) in [5.74, 6) is -1.63. The highest BCUT2D eigenvalue weighted by Gasteiger charge is 2.17. The Labute approximate surface area is 117 Å². The Hall–Kier alpha value is -2.11. The summed E-state index contributed by atoms with van der Waals surface area (Å²) in [6.45, 7) is 4.59. The normalized spacial score (nSPS) is 10.1. The number of carbonyl (C=O) groups excluding carboxylic acids is 1. The van der Waals surface area contributed by atoms with Crippen LogP contribution in [0.2, 0.25) is 0 Å². The lowest BCUT2D eigenvalue weighted by Gasteiger charge is -2.09. The van der Waals surface area contributed by atoms with Crippen molar-refractivity contribution < 1.29 is 24.2 Å². The minimum atomic E-state index is -1.19. The van der Waals surface area contributed by atoms with E-state index in [1.807, 2.05) is 13.8 Å². The van der Waals surface area contributed by atoms with E-state index in [9.17, 15) is 9.59 Å². The van der Waals surface area contributed by atoms with E-state index in [1.54, 1.807) is 0 Å². The van der Waals surface area contributed by atoms with Gasteiger partial charge in [0.25, 0.3) is 0 Å². The largest absolute Gasteiger partial charge is 0.491 e. The fraction of sp³-hybridized carbons (Fsp3) is 0.500. The van der Waals surface area contributed by atoms with E-state index in [1.165, 1.54) is 12.3 Å². The first-order chi connectivity index (χ1) is 9.60. The molecule has 20 heavy (non-hydrogen) atoms. The highest BCUT2D eigenvalue weighted by atomic mass is 16.5. The SMILES string of the molecule is CCCCOC(=O)c1cnc(C(=O)O)c(OCCC)c1. The number of rotatable bonds is 8. The number of hydrogen-bond donors (Lipinski definition) is 1. The van der Waals surface area contributed by atoms with Crippen LogP contribution < -0.4 is 4.74 Å². The quantitative estimate of drug-likeness (QED) is 0.582. The second-order valence-corrected chi connectivity index (χ2v) is 4.21. The zero-order valence-corrected chi connectivity index (χ0v) is 11.7. The molecule has 1 heterocycles. The van der Waals surface area contributed by atoms with Crippen molar-refractivity contribution in [3.8, 4) is 5.75 Å². The fourth-order valence-corrected chi connectivity index (χ4v) is 1.43. The zero-order chi connectivity index (χ0) is 15.0. The Bertz CT molecular complexity index is 473. The summed E-state index contributed by atoms with van der Waals surface area (Å²) in [5.41, 5.74) is -0.0132. The van der Waals surface area contributed by atoms with E-state index < -0.39 is 11.9 Å². The molecule has 0 spiro atoms. The molecular formula is C14H19NO5. The number of pyridine rings is 1. The highest BCUT2D eigenvalue weighted by Crippen LogP contribution is 2.19. The van der Waals surface area contributed by atoms with Crippen LogP contribution in [0.3, 0.4) is 0 Å². The van der Waals surface area contributed by atoms with Crippen molar-refractivity contribution in [3.63, 3.8) is 0 Å². The number of aromatic carboxylic acids is 1. The van der Waals surface area contributed by atoms with E-state index in [-0.39, 0.29) is 17.0 Å². The summed E-state index contributed by atoms with van der Waals surface area (Å²) < 4.78 is 10.4. The van der Waals surface area contributed by atoms with Crippen molar-refractivity contribution in [1.29, 1.82) is 0 Å². The molecule has 0 fully saturated rings. The van der Waals surface area contributed by atoms with Crippen LogP contribution in [0.15, 0.2) is 12.3 Å². The van der Waals surface area contributed by atoms with Gasteiger partial charge in [0.15, 0.2) is 11.4 Å². The van der Waals surface area contributed by atoms with Crippen LogP contribution in [0.4, 0.5) is 0 Å². The van der Waals surface area contributed by atoms with Crippen molar-refractivity contribution in [2.75, 3.05) is 13.2 Å². The van der Waals surface area contributed by atoms with Gasteiger partial charge in [-0.05, 0) is 18.9 Å². The first-order valence-electron chi connectivity index (χ1n) is 6.63. The molecule has 1 aromatic heterocycles. The summed E-state index contributed by atoms with van der Waals surface area (Å²) in [7, 11) is 0. The maximum Gasteiger partial charge on any atom is 0.358 e. The van der Waals surface area contributed by atoms with Gasteiger partial charge in [0.2, 0.25) is 0 Å². The topological polar surface area (TPSA) is 85.7 Å². The summed E-state index contributed by atoms with van der Waals surface area (Å²) in [6, 6.07) is 1.36. The second-order valence-electron chi connectivity index (χ2n) is 4.21. The van der Waals surface area contributed by atoms with Gasteiger partial charge in [0, 0.05) is 6.20 Å². The maximum absolute atomic E-state index is 11.8. The molecule has 0 amide bonds. The standard InChI is InChI=1S/C14H19NO5/c1-3-5-7-20-14(18)10-8-11(19-6-4-2)12(13(16)17)15-9-10/h8-9H,3-7H2,1-2H3,(H,16,17). The van der Waals surface area contributed by atoms with E-state index in [0.29, 0.717) is 13.2 Å². The molecule has 6 nitrogen and oxygen atoms in total. The Kier molecular flexibility index (Phi) is 6.49. The number of carboxylic acid groups (broad SMARTS) is 1. The molecule has 0 aliphatic carbocycles. The average Bonchev–Trinajstić information content (AvgIpc) is 2.44. The monoisotopic (exact) mass is 281 g/mol. The molecule has 0 aromatic carbocycles. The molecule has 0 unspecified atom stereocenters. The Morgan fingerprint density at radius 2 is 2.00 bits per heavy atom. The van der Waals surface area contributed by atoms with Crippen LogP contribution >= 0.6 is 0 Å². The van der Waals surface area contributed by atoms with E-state index in [0.717, 1.165) is 19.3 Å². The maximum atomic E-state index is 11.8.